The van der Waals surface area contributed by atoms with E-state index in [4.69, 9.17) is 18.0 Å². The van der Waals surface area contributed by atoms with E-state index in [9.17, 15) is 0 Å². The van der Waals surface area contributed by atoms with Crippen molar-refractivity contribution in [2.24, 2.45) is 10.8 Å². The molecule has 0 atom stereocenters. The van der Waals surface area contributed by atoms with Crippen LogP contribution in [0.25, 0.3) is 0 Å². The van der Waals surface area contributed by atoms with Crippen LogP contribution in [0.15, 0.2) is 23.4 Å². The molecule has 0 saturated heterocycles. The molecule has 0 fully saturated rings. The van der Waals surface area contributed by atoms with Gasteiger partial charge in [-0.25, -0.2) is 0 Å². The Morgan fingerprint density at radius 3 is 2.93 bits per heavy atom. The van der Waals surface area contributed by atoms with Gasteiger partial charge >= 0.3 is 0 Å². The van der Waals surface area contributed by atoms with Crippen LogP contribution in [0.4, 0.5) is 0 Å². The van der Waals surface area contributed by atoms with Gasteiger partial charge in [-0.3, -0.25) is 10.4 Å². The molecule has 0 spiro atoms. The van der Waals surface area contributed by atoms with Gasteiger partial charge in [0.2, 0.25) is 0 Å². The summed E-state index contributed by atoms with van der Waals surface area (Å²) in [6, 6.07) is 3.74. The van der Waals surface area contributed by atoms with Gasteiger partial charge in [0, 0.05) is 13.2 Å². The number of hydrazone groups is 1. The van der Waals surface area contributed by atoms with Crippen molar-refractivity contribution in [3.05, 3.63) is 29.6 Å². The fraction of sp³-hybridized carbons (Fsp3) is 0.222. The molecule has 0 aliphatic heterocycles. The van der Waals surface area contributed by atoms with Gasteiger partial charge in [-0.05, 0) is 36.8 Å². The number of rotatable bonds is 2. The number of nitrogens with two attached hydrogens (primary N) is 1. The second-order valence-electron chi connectivity index (χ2n) is 2.91. The molecule has 1 heterocycles. The Hall–Kier alpha value is -1.69. The maximum Gasteiger partial charge on any atom is 0.186 e. The molecule has 0 saturated carbocycles. The quantitative estimate of drug-likeness (QED) is 0.287. The molecule has 4 N–H and O–H groups in total. The number of nitrogens with zero attached hydrogens (tertiary/aromatic N) is 2. The lowest BCUT2D eigenvalue weighted by Gasteiger charge is -2.03. The highest BCUT2D eigenvalue weighted by molar-refractivity contribution is 7.80. The molecule has 0 unspecified atom stereocenters. The summed E-state index contributed by atoms with van der Waals surface area (Å²) < 4.78 is 0. The van der Waals surface area contributed by atoms with Crippen molar-refractivity contribution in [1.29, 1.82) is 0 Å². The van der Waals surface area contributed by atoms with Crippen LogP contribution in [-0.4, -0.2) is 23.0 Å². The van der Waals surface area contributed by atoms with Gasteiger partial charge < -0.3 is 11.1 Å². The van der Waals surface area contributed by atoms with Crippen LogP contribution in [0, 0.1) is 6.92 Å². The summed E-state index contributed by atoms with van der Waals surface area (Å²) in [5.41, 5.74) is 10.0. The van der Waals surface area contributed by atoms with Gasteiger partial charge in [0.1, 0.15) is 5.69 Å². The second kappa shape index (κ2) is 5.26. The van der Waals surface area contributed by atoms with Crippen molar-refractivity contribution in [3.63, 3.8) is 0 Å². The Labute approximate surface area is 93.8 Å². The van der Waals surface area contributed by atoms with E-state index >= 15 is 0 Å². The molecule has 6 heteroatoms. The maximum absolute atomic E-state index is 5.70. The Bertz CT molecular complexity index is 388. The highest BCUT2D eigenvalue weighted by Gasteiger charge is 1.99. The van der Waals surface area contributed by atoms with E-state index in [1.54, 1.807) is 13.2 Å². The first-order chi connectivity index (χ1) is 7.13. The van der Waals surface area contributed by atoms with Crippen LogP contribution in [0.5, 0.6) is 0 Å². The minimum Gasteiger partial charge on any atom is -0.380 e. The Balaban J connectivity index is 2.75. The minimum atomic E-state index is 0.302. The van der Waals surface area contributed by atoms with Crippen molar-refractivity contribution < 1.29 is 0 Å². The summed E-state index contributed by atoms with van der Waals surface area (Å²) in [6.07, 6.45) is 1.68. The first kappa shape index (κ1) is 11.4. The SMILES string of the molecule is CNC(=S)N/N=C(\N)c1cc(C)ccn1. The molecule has 15 heavy (non-hydrogen) atoms. The number of aromatic nitrogens is 1. The average molecular weight is 223 g/mol. The molecule has 0 aliphatic rings. The zero-order valence-corrected chi connectivity index (χ0v) is 9.43. The lowest BCUT2D eigenvalue weighted by molar-refractivity contribution is 0.969. The molecule has 0 aliphatic carbocycles. The number of aryl methyl sites for hydroxylation is 1. The fourth-order valence-electron chi connectivity index (χ4n) is 0.900. The van der Waals surface area contributed by atoms with Crippen LogP contribution in [0.2, 0.25) is 0 Å². The maximum atomic E-state index is 5.70. The fourth-order valence-corrected chi connectivity index (χ4v) is 0.946. The highest BCUT2D eigenvalue weighted by atomic mass is 32.1. The third-order valence-electron chi connectivity index (χ3n) is 1.68. The van der Waals surface area contributed by atoms with Crippen LogP contribution >= 0.6 is 12.2 Å². The molecule has 0 aromatic carbocycles. The Kier molecular flexibility index (Phi) is 3.99. The molecular formula is C9H13N5S. The molecule has 5 nitrogen and oxygen atoms in total. The lowest BCUT2D eigenvalue weighted by Crippen LogP contribution is -2.31. The Morgan fingerprint density at radius 2 is 2.33 bits per heavy atom. The van der Waals surface area contributed by atoms with Gasteiger partial charge in [0.25, 0.3) is 0 Å². The van der Waals surface area contributed by atoms with Gasteiger partial charge in [-0.2, -0.15) is 5.10 Å². The zero-order chi connectivity index (χ0) is 11.3. The number of pyridine rings is 1. The molecule has 1 aromatic heterocycles. The van der Waals surface area contributed by atoms with Gasteiger partial charge in [0.15, 0.2) is 10.9 Å². The van der Waals surface area contributed by atoms with E-state index in [2.05, 4.69) is 20.8 Å². The smallest absolute Gasteiger partial charge is 0.186 e. The Morgan fingerprint density at radius 1 is 1.60 bits per heavy atom. The van der Waals surface area contributed by atoms with E-state index in [1.165, 1.54) is 0 Å². The molecule has 1 aromatic rings. The normalized spacial score (nSPS) is 10.9. The van der Waals surface area contributed by atoms with Crippen LogP contribution < -0.4 is 16.5 Å². The molecular weight excluding hydrogens is 210 g/mol. The number of hydrogen-bond donors (Lipinski definition) is 3. The van der Waals surface area contributed by atoms with Crippen LogP contribution in [0.1, 0.15) is 11.3 Å². The monoisotopic (exact) mass is 223 g/mol. The summed E-state index contributed by atoms with van der Waals surface area (Å²) in [6.45, 7) is 1.96. The standard InChI is InChI=1S/C9H13N5S/c1-6-3-4-12-7(5-6)8(10)13-14-9(15)11-2/h3-5H,1-2H3,(H2,10,13)(H2,11,14,15). The van der Waals surface area contributed by atoms with Crippen LogP contribution in [0.3, 0.4) is 0 Å². The van der Waals surface area contributed by atoms with Crippen molar-refractivity contribution >= 4 is 23.2 Å². The minimum absolute atomic E-state index is 0.302. The van der Waals surface area contributed by atoms with E-state index in [0.717, 1.165) is 5.56 Å². The van der Waals surface area contributed by atoms with Gasteiger partial charge in [-0.15, -0.1) is 0 Å². The van der Waals surface area contributed by atoms with E-state index in [1.807, 2.05) is 19.1 Å². The van der Waals surface area contributed by atoms with Crippen molar-refractivity contribution in [3.8, 4) is 0 Å². The van der Waals surface area contributed by atoms with Gasteiger partial charge in [-0.1, -0.05) is 0 Å². The number of amidine groups is 1. The van der Waals surface area contributed by atoms with Gasteiger partial charge in [0.05, 0.1) is 0 Å². The molecule has 0 bridgehead atoms. The number of thiocarbonyl (C=S) groups is 1. The summed E-state index contributed by atoms with van der Waals surface area (Å²) in [5.74, 6) is 0.302. The first-order valence-electron chi connectivity index (χ1n) is 4.37. The largest absolute Gasteiger partial charge is 0.380 e. The molecule has 0 amide bonds. The third-order valence-corrected chi connectivity index (χ3v) is 1.98. The number of nitrogens with one attached hydrogen (secondary N) is 2. The predicted molar refractivity (Wildman–Crippen MR) is 64.5 cm³/mol. The van der Waals surface area contributed by atoms with Crippen LogP contribution in [-0.2, 0) is 0 Å². The van der Waals surface area contributed by atoms with E-state index in [0.29, 0.717) is 16.6 Å². The summed E-state index contributed by atoms with van der Waals surface area (Å²) >= 11 is 4.84. The average Bonchev–Trinajstić information content (AvgIpc) is 2.25. The summed E-state index contributed by atoms with van der Waals surface area (Å²) in [5, 5.41) is 7.01. The molecule has 0 radical (unpaired) electrons. The summed E-state index contributed by atoms with van der Waals surface area (Å²) in [7, 11) is 1.70. The highest BCUT2D eigenvalue weighted by Crippen LogP contribution is 1.98. The second-order valence-corrected chi connectivity index (χ2v) is 3.31. The van der Waals surface area contributed by atoms with Crippen molar-refractivity contribution in [2.45, 2.75) is 6.92 Å². The zero-order valence-electron chi connectivity index (χ0n) is 8.61. The van der Waals surface area contributed by atoms with Crippen molar-refractivity contribution in [2.75, 3.05) is 7.05 Å². The van der Waals surface area contributed by atoms with E-state index < -0.39 is 0 Å². The topological polar surface area (TPSA) is 75.3 Å². The predicted octanol–water partition coefficient (Wildman–Crippen LogP) is 0.104. The van der Waals surface area contributed by atoms with E-state index in [-0.39, 0.29) is 0 Å². The summed E-state index contributed by atoms with van der Waals surface area (Å²) in [4.78, 5) is 4.08. The van der Waals surface area contributed by atoms with Crippen molar-refractivity contribution in [1.82, 2.24) is 15.7 Å². The number of hydrogen-bond acceptors (Lipinski definition) is 3. The molecule has 1 rings (SSSR count). The molecule has 80 valence electrons. The first-order valence-corrected chi connectivity index (χ1v) is 4.78. The lowest BCUT2D eigenvalue weighted by atomic mass is 10.2. The third kappa shape index (κ3) is 3.51.